The van der Waals surface area contributed by atoms with Gasteiger partial charge in [0.05, 0.1) is 0 Å². The lowest BCUT2D eigenvalue weighted by Gasteiger charge is -2.26. The van der Waals surface area contributed by atoms with E-state index in [9.17, 15) is 9.59 Å². The molecular formula is C15H18ClNO4. The van der Waals surface area contributed by atoms with Crippen molar-refractivity contribution in [1.82, 2.24) is 4.90 Å². The number of hydrogen-bond acceptors (Lipinski definition) is 4. The van der Waals surface area contributed by atoms with Crippen molar-refractivity contribution in [2.24, 2.45) is 0 Å². The minimum Gasteiger partial charge on any atom is -0.482 e. The van der Waals surface area contributed by atoms with Gasteiger partial charge in [-0.15, -0.1) is 0 Å². The van der Waals surface area contributed by atoms with Gasteiger partial charge in [0, 0.05) is 18.1 Å². The van der Waals surface area contributed by atoms with Crippen LogP contribution in [-0.2, 0) is 14.3 Å². The van der Waals surface area contributed by atoms with Gasteiger partial charge >= 0.3 is 5.97 Å². The van der Waals surface area contributed by atoms with Crippen LogP contribution in [0.1, 0.15) is 19.3 Å². The fourth-order valence-electron chi connectivity index (χ4n) is 2.09. The smallest absolute Gasteiger partial charge is 0.344 e. The molecular weight excluding hydrogens is 294 g/mol. The molecule has 0 radical (unpaired) electrons. The topological polar surface area (TPSA) is 55.8 Å². The average Bonchev–Trinajstić information content (AvgIpc) is 2.53. The zero-order valence-corrected chi connectivity index (χ0v) is 12.5. The third kappa shape index (κ3) is 5.27. The van der Waals surface area contributed by atoms with E-state index in [1.807, 2.05) is 0 Å². The van der Waals surface area contributed by atoms with E-state index < -0.39 is 5.97 Å². The predicted molar refractivity (Wildman–Crippen MR) is 78.3 cm³/mol. The number of nitrogens with zero attached hydrogens (tertiary/aromatic N) is 1. The van der Waals surface area contributed by atoms with Crippen molar-refractivity contribution < 1.29 is 19.1 Å². The number of esters is 1. The summed E-state index contributed by atoms with van der Waals surface area (Å²) < 4.78 is 10.2. The van der Waals surface area contributed by atoms with E-state index in [4.69, 9.17) is 21.1 Å². The van der Waals surface area contributed by atoms with Crippen molar-refractivity contribution in [3.63, 3.8) is 0 Å². The molecule has 0 spiro atoms. The molecule has 21 heavy (non-hydrogen) atoms. The van der Waals surface area contributed by atoms with Crippen LogP contribution in [-0.4, -0.2) is 43.1 Å². The van der Waals surface area contributed by atoms with Crippen LogP contribution in [0, 0.1) is 0 Å². The molecule has 1 amide bonds. The summed E-state index contributed by atoms with van der Waals surface area (Å²) in [4.78, 5) is 25.1. The molecule has 0 N–H and O–H groups in total. The highest BCUT2D eigenvalue weighted by atomic mass is 35.5. The standard InChI is InChI=1S/C15H18ClNO4/c16-12-4-6-13(7-5-12)20-11-15(19)21-10-14(18)17-8-2-1-3-9-17/h4-7H,1-3,8-11H2. The van der Waals surface area contributed by atoms with Gasteiger partial charge in [-0.3, -0.25) is 4.79 Å². The zero-order chi connectivity index (χ0) is 15.1. The summed E-state index contributed by atoms with van der Waals surface area (Å²) >= 11 is 5.74. The third-order valence-electron chi connectivity index (χ3n) is 3.24. The van der Waals surface area contributed by atoms with Crippen LogP contribution in [0.25, 0.3) is 0 Å². The van der Waals surface area contributed by atoms with Gasteiger partial charge in [-0.25, -0.2) is 4.79 Å². The van der Waals surface area contributed by atoms with Gasteiger partial charge in [-0.2, -0.15) is 0 Å². The lowest BCUT2D eigenvalue weighted by molar-refractivity contribution is -0.154. The molecule has 1 saturated heterocycles. The summed E-state index contributed by atoms with van der Waals surface area (Å²) in [6.45, 7) is 1.05. The average molecular weight is 312 g/mol. The Morgan fingerprint density at radius 2 is 1.71 bits per heavy atom. The Balaban J connectivity index is 1.67. The number of likely N-dealkylation sites (tertiary alicyclic amines) is 1. The van der Waals surface area contributed by atoms with Crippen molar-refractivity contribution in [1.29, 1.82) is 0 Å². The van der Waals surface area contributed by atoms with Gasteiger partial charge < -0.3 is 14.4 Å². The predicted octanol–water partition coefficient (Wildman–Crippen LogP) is 2.27. The van der Waals surface area contributed by atoms with Crippen LogP contribution < -0.4 is 4.74 Å². The lowest BCUT2D eigenvalue weighted by Crippen LogP contribution is -2.38. The number of carbonyl (C=O) groups excluding carboxylic acids is 2. The highest BCUT2D eigenvalue weighted by Crippen LogP contribution is 2.15. The van der Waals surface area contributed by atoms with E-state index in [0.29, 0.717) is 10.8 Å². The molecule has 1 aliphatic heterocycles. The van der Waals surface area contributed by atoms with Crippen molar-refractivity contribution in [2.45, 2.75) is 19.3 Å². The molecule has 1 heterocycles. The molecule has 2 rings (SSSR count). The number of amides is 1. The Bertz CT molecular complexity index is 483. The van der Waals surface area contributed by atoms with Gasteiger partial charge in [0.1, 0.15) is 5.75 Å². The maximum atomic E-state index is 11.8. The second kappa shape index (κ2) is 7.88. The number of halogens is 1. The Morgan fingerprint density at radius 1 is 1.05 bits per heavy atom. The summed E-state index contributed by atoms with van der Waals surface area (Å²) in [5, 5.41) is 0.594. The number of ether oxygens (including phenoxy) is 2. The van der Waals surface area contributed by atoms with Gasteiger partial charge in [0.25, 0.3) is 5.91 Å². The Kier molecular flexibility index (Phi) is 5.87. The fraction of sp³-hybridized carbons (Fsp3) is 0.467. The first-order valence-electron chi connectivity index (χ1n) is 6.97. The normalized spacial score (nSPS) is 14.6. The maximum Gasteiger partial charge on any atom is 0.344 e. The molecule has 0 unspecified atom stereocenters. The largest absolute Gasteiger partial charge is 0.482 e. The van der Waals surface area contributed by atoms with Gasteiger partial charge in [0.15, 0.2) is 13.2 Å². The third-order valence-corrected chi connectivity index (χ3v) is 3.49. The van der Waals surface area contributed by atoms with Crippen molar-refractivity contribution in [3.8, 4) is 5.75 Å². The van der Waals surface area contributed by atoms with Crippen LogP contribution in [0.3, 0.4) is 0 Å². The second-order valence-corrected chi connectivity index (χ2v) is 5.28. The zero-order valence-electron chi connectivity index (χ0n) is 11.7. The van der Waals surface area contributed by atoms with E-state index in [-0.39, 0.29) is 19.1 Å². The van der Waals surface area contributed by atoms with E-state index in [2.05, 4.69) is 0 Å². The lowest BCUT2D eigenvalue weighted by atomic mass is 10.1. The summed E-state index contributed by atoms with van der Waals surface area (Å²) in [5.74, 6) is -0.177. The molecule has 1 aromatic rings. The maximum absolute atomic E-state index is 11.8. The number of carbonyl (C=O) groups is 2. The molecule has 1 aliphatic rings. The first-order chi connectivity index (χ1) is 10.1. The van der Waals surface area contributed by atoms with E-state index >= 15 is 0 Å². The first kappa shape index (κ1) is 15.6. The molecule has 0 bridgehead atoms. The van der Waals surface area contributed by atoms with E-state index in [0.717, 1.165) is 32.4 Å². The van der Waals surface area contributed by atoms with Gasteiger partial charge in [-0.05, 0) is 43.5 Å². The van der Waals surface area contributed by atoms with Crippen LogP contribution in [0.5, 0.6) is 5.75 Å². The SMILES string of the molecule is O=C(COc1ccc(Cl)cc1)OCC(=O)N1CCCCC1. The molecule has 5 nitrogen and oxygen atoms in total. The van der Waals surface area contributed by atoms with Gasteiger partial charge in [-0.1, -0.05) is 11.6 Å². The highest BCUT2D eigenvalue weighted by molar-refractivity contribution is 6.30. The summed E-state index contributed by atoms with van der Waals surface area (Å²) in [6.07, 6.45) is 3.18. The molecule has 0 aliphatic carbocycles. The number of benzene rings is 1. The fourth-order valence-corrected chi connectivity index (χ4v) is 2.22. The van der Waals surface area contributed by atoms with Crippen LogP contribution in [0.2, 0.25) is 5.02 Å². The van der Waals surface area contributed by atoms with Gasteiger partial charge in [0.2, 0.25) is 0 Å². The van der Waals surface area contributed by atoms with E-state index in [1.54, 1.807) is 29.2 Å². The Labute approximate surface area is 128 Å². The molecule has 114 valence electrons. The number of hydrogen-bond donors (Lipinski definition) is 0. The van der Waals surface area contributed by atoms with Crippen LogP contribution >= 0.6 is 11.6 Å². The van der Waals surface area contributed by atoms with Crippen molar-refractivity contribution >= 4 is 23.5 Å². The minimum absolute atomic E-state index is 0.144. The highest BCUT2D eigenvalue weighted by Gasteiger charge is 2.17. The molecule has 0 atom stereocenters. The minimum atomic E-state index is -0.560. The quantitative estimate of drug-likeness (QED) is 0.783. The summed E-state index contributed by atoms with van der Waals surface area (Å²) in [5.41, 5.74) is 0. The number of rotatable bonds is 5. The summed E-state index contributed by atoms with van der Waals surface area (Å²) in [7, 11) is 0. The number of piperidine rings is 1. The Morgan fingerprint density at radius 3 is 2.38 bits per heavy atom. The monoisotopic (exact) mass is 311 g/mol. The molecule has 1 aromatic carbocycles. The van der Waals surface area contributed by atoms with Crippen LogP contribution in [0.15, 0.2) is 24.3 Å². The second-order valence-electron chi connectivity index (χ2n) is 4.84. The first-order valence-corrected chi connectivity index (χ1v) is 7.35. The molecule has 1 fully saturated rings. The van der Waals surface area contributed by atoms with Crippen LogP contribution in [0.4, 0.5) is 0 Å². The van der Waals surface area contributed by atoms with Crippen molar-refractivity contribution in [3.05, 3.63) is 29.3 Å². The molecule has 6 heteroatoms. The molecule has 0 aromatic heterocycles. The molecule has 0 saturated carbocycles. The summed E-state index contributed by atoms with van der Waals surface area (Å²) in [6, 6.07) is 6.66. The van der Waals surface area contributed by atoms with E-state index in [1.165, 1.54) is 0 Å². The van der Waals surface area contributed by atoms with Crippen molar-refractivity contribution in [2.75, 3.05) is 26.3 Å². The Hall–Kier alpha value is -1.75.